The monoisotopic (exact) mass is 231 g/mol. The van der Waals surface area contributed by atoms with Gasteiger partial charge in [-0.05, 0) is 24.5 Å². The molecule has 17 heavy (non-hydrogen) atoms. The molecule has 0 aliphatic carbocycles. The Morgan fingerprint density at radius 2 is 1.82 bits per heavy atom. The maximum Gasteiger partial charge on any atom is 0.244 e. The zero-order valence-corrected chi connectivity index (χ0v) is 10.5. The summed E-state index contributed by atoms with van der Waals surface area (Å²) in [5.41, 5.74) is 1.24. The summed E-state index contributed by atoms with van der Waals surface area (Å²) in [5, 5.41) is 0. The Hall–Kier alpha value is -1.64. The van der Waals surface area contributed by atoms with Crippen LogP contribution < -0.4 is 4.90 Å². The van der Waals surface area contributed by atoms with Gasteiger partial charge in [0.05, 0.1) is 11.1 Å². The molecule has 3 heteroatoms. The van der Waals surface area contributed by atoms with Crippen LogP contribution in [0.5, 0.6) is 0 Å². The van der Waals surface area contributed by atoms with Crippen molar-refractivity contribution in [3.05, 3.63) is 29.8 Å². The molecule has 0 N–H and O–H groups in total. The van der Waals surface area contributed by atoms with E-state index in [4.69, 9.17) is 0 Å². The Kier molecular flexibility index (Phi) is 2.77. The summed E-state index contributed by atoms with van der Waals surface area (Å²) < 4.78 is 0. The van der Waals surface area contributed by atoms with E-state index < -0.39 is 5.41 Å². The maximum absolute atomic E-state index is 12.5. The van der Waals surface area contributed by atoms with E-state index in [0.717, 1.165) is 24.1 Å². The van der Waals surface area contributed by atoms with Gasteiger partial charge in [-0.1, -0.05) is 32.0 Å². The van der Waals surface area contributed by atoms with Crippen LogP contribution in [-0.2, 0) is 15.0 Å². The van der Waals surface area contributed by atoms with Gasteiger partial charge in [-0.25, -0.2) is 4.90 Å². The average molecular weight is 231 g/mol. The molecule has 1 aromatic rings. The normalized spacial score (nSPS) is 17.1. The van der Waals surface area contributed by atoms with E-state index in [1.807, 2.05) is 38.1 Å². The highest BCUT2D eigenvalue weighted by molar-refractivity contribution is 6.22. The Balaban J connectivity index is 2.68. The summed E-state index contributed by atoms with van der Waals surface area (Å²) in [5.74, 6) is -0.276. The molecule has 0 aromatic heterocycles. The summed E-state index contributed by atoms with van der Waals surface area (Å²) in [6, 6.07) is 7.60. The summed E-state index contributed by atoms with van der Waals surface area (Å²) in [7, 11) is 0. The van der Waals surface area contributed by atoms with Gasteiger partial charge < -0.3 is 0 Å². The van der Waals surface area contributed by atoms with Crippen molar-refractivity contribution in [2.75, 3.05) is 4.90 Å². The van der Waals surface area contributed by atoms with E-state index in [1.54, 1.807) is 0 Å². The number of hydrogen-bond donors (Lipinski definition) is 0. The number of amides is 2. The molecular formula is C14H17NO2. The molecule has 2 rings (SSSR count). The second kappa shape index (κ2) is 3.99. The van der Waals surface area contributed by atoms with Crippen LogP contribution >= 0.6 is 0 Å². The molecule has 0 spiro atoms. The molecule has 1 aliphatic rings. The standard InChI is InChI=1S/C14H17NO2/c1-4-14(5-2)11-8-6-7-9-12(11)15(10(3)16)13(14)17/h6-9H,4-5H2,1-3H3. The summed E-state index contributed by atoms with van der Waals surface area (Å²) in [6.07, 6.45) is 1.45. The summed E-state index contributed by atoms with van der Waals surface area (Å²) in [6.45, 7) is 5.44. The van der Waals surface area contributed by atoms with Crippen molar-refractivity contribution >= 4 is 17.5 Å². The molecule has 0 saturated carbocycles. The number of hydrogen-bond acceptors (Lipinski definition) is 2. The SMILES string of the molecule is CCC1(CC)C(=O)N(C(C)=O)c2ccccc21. The van der Waals surface area contributed by atoms with Crippen molar-refractivity contribution in [1.82, 2.24) is 0 Å². The minimum absolute atomic E-state index is 0.0730. The summed E-state index contributed by atoms with van der Waals surface area (Å²) >= 11 is 0. The van der Waals surface area contributed by atoms with E-state index in [9.17, 15) is 9.59 Å². The molecule has 0 bridgehead atoms. The van der Waals surface area contributed by atoms with Crippen molar-refractivity contribution in [3.63, 3.8) is 0 Å². The molecule has 1 aromatic carbocycles. The van der Waals surface area contributed by atoms with Gasteiger partial charge in [0.25, 0.3) is 0 Å². The lowest BCUT2D eigenvalue weighted by Gasteiger charge is -2.25. The fourth-order valence-corrected chi connectivity index (χ4v) is 2.76. The molecule has 1 heterocycles. The van der Waals surface area contributed by atoms with Gasteiger partial charge in [-0.2, -0.15) is 0 Å². The lowest BCUT2D eigenvalue weighted by molar-refractivity contribution is -0.128. The van der Waals surface area contributed by atoms with Crippen LogP contribution in [-0.4, -0.2) is 11.8 Å². The smallest absolute Gasteiger partial charge is 0.244 e. The van der Waals surface area contributed by atoms with Crippen LogP contribution in [0.3, 0.4) is 0 Å². The maximum atomic E-state index is 12.5. The molecule has 0 saturated heterocycles. The Morgan fingerprint density at radius 3 is 2.35 bits per heavy atom. The third-order valence-corrected chi connectivity index (χ3v) is 3.79. The number of rotatable bonds is 2. The molecule has 0 unspecified atom stereocenters. The third kappa shape index (κ3) is 1.42. The van der Waals surface area contributed by atoms with Gasteiger partial charge in [0.1, 0.15) is 0 Å². The number of benzene rings is 1. The van der Waals surface area contributed by atoms with Crippen molar-refractivity contribution in [2.45, 2.75) is 39.0 Å². The second-order valence-corrected chi connectivity index (χ2v) is 4.47. The van der Waals surface area contributed by atoms with Crippen molar-refractivity contribution < 1.29 is 9.59 Å². The molecule has 3 nitrogen and oxygen atoms in total. The lowest BCUT2D eigenvalue weighted by Crippen LogP contribution is -2.41. The van der Waals surface area contributed by atoms with Gasteiger partial charge in [-0.15, -0.1) is 0 Å². The van der Waals surface area contributed by atoms with E-state index in [-0.39, 0.29) is 11.8 Å². The number of carbonyl (C=O) groups excluding carboxylic acids is 2. The molecule has 90 valence electrons. The quantitative estimate of drug-likeness (QED) is 0.784. The number of fused-ring (bicyclic) bond motifs is 1. The molecule has 1 aliphatic heterocycles. The zero-order valence-electron chi connectivity index (χ0n) is 10.5. The Morgan fingerprint density at radius 1 is 1.24 bits per heavy atom. The van der Waals surface area contributed by atoms with Crippen molar-refractivity contribution in [1.29, 1.82) is 0 Å². The predicted octanol–water partition coefficient (Wildman–Crippen LogP) is 2.64. The lowest BCUT2D eigenvalue weighted by atomic mass is 9.77. The fourth-order valence-electron chi connectivity index (χ4n) is 2.76. The minimum Gasteiger partial charge on any atom is -0.274 e. The number of carbonyl (C=O) groups is 2. The topological polar surface area (TPSA) is 37.4 Å². The number of anilines is 1. The molecular weight excluding hydrogens is 214 g/mol. The van der Waals surface area contributed by atoms with E-state index in [1.165, 1.54) is 11.8 Å². The number of imide groups is 1. The predicted molar refractivity (Wildman–Crippen MR) is 66.9 cm³/mol. The second-order valence-electron chi connectivity index (χ2n) is 4.47. The van der Waals surface area contributed by atoms with Crippen LogP contribution in [0.25, 0.3) is 0 Å². The molecule has 0 radical (unpaired) electrons. The van der Waals surface area contributed by atoms with Gasteiger partial charge in [-0.3, -0.25) is 9.59 Å². The molecule has 0 atom stereocenters. The first kappa shape index (κ1) is 11.8. The first-order valence-corrected chi connectivity index (χ1v) is 6.03. The minimum atomic E-state index is -0.512. The van der Waals surface area contributed by atoms with Crippen LogP contribution in [0, 0.1) is 0 Å². The highest BCUT2D eigenvalue weighted by Crippen LogP contribution is 2.45. The fraction of sp³-hybridized carbons (Fsp3) is 0.429. The van der Waals surface area contributed by atoms with Crippen LogP contribution in [0.1, 0.15) is 39.2 Å². The first-order chi connectivity index (χ1) is 8.08. The molecule has 2 amide bonds. The van der Waals surface area contributed by atoms with Gasteiger partial charge in [0, 0.05) is 6.92 Å². The Bertz CT molecular complexity index is 475. The average Bonchev–Trinajstić information content (AvgIpc) is 2.58. The zero-order chi connectivity index (χ0) is 12.6. The van der Waals surface area contributed by atoms with E-state index >= 15 is 0 Å². The van der Waals surface area contributed by atoms with Crippen LogP contribution in [0.15, 0.2) is 24.3 Å². The van der Waals surface area contributed by atoms with Crippen molar-refractivity contribution in [2.24, 2.45) is 0 Å². The van der Waals surface area contributed by atoms with E-state index in [2.05, 4.69) is 0 Å². The Labute approximate surface area is 101 Å². The van der Waals surface area contributed by atoms with Crippen LogP contribution in [0.4, 0.5) is 5.69 Å². The van der Waals surface area contributed by atoms with Gasteiger partial charge in [0.2, 0.25) is 11.8 Å². The number of nitrogens with zero attached hydrogens (tertiary/aromatic N) is 1. The third-order valence-electron chi connectivity index (χ3n) is 3.79. The van der Waals surface area contributed by atoms with Crippen molar-refractivity contribution in [3.8, 4) is 0 Å². The number of para-hydroxylation sites is 1. The van der Waals surface area contributed by atoms with E-state index in [0.29, 0.717) is 0 Å². The summed E-state index contributed by atoms with van der Waals surface area (Å²) in [4.78, 5) is 25.5. The van der Waals surface area contributed by atoms with Gasteiger partial charge in [0.15, 0.2) is 0 Å². The van der Waals surface area contributed by atoms with Gasteiger partial charge >= 0.3 is 0 Å². The first-order valence-electron chi connectivity index (χ1n) is 6.03. The highest BCUT2D eigenvalue weighted by atomic mass is 16.2. The molecule has 0 fully saturated rings. The highest BCUT2D eigenvalue weighted by Gasteiger charge is 2.49. The largest absolute Gasteiger partial charge is 0.274 e. The van der Waals surface area contributed by atoms with Crippen LogP contribution in [0.2, 0.25) is 0 Å².